The van der Waals surface area contributed by atoms with E-state index in [0.717, 1.165) is 6.54 Å². The van der Waals surface area contributed by atoms with Crippen molar-refractivity contribution >= 4 is 17.3 Å². The number of benzene rings is 1. The van der Waals surface area contributed by atoms with Crippen LogP contribution in [-0.4, -0.2) is 11.7 Å². The van der Waals surface area contributed by atoms with Gasteiger partial charge in [-0.25, -0.2) is 0 Å². The van der Waals surface area contributed by atoms with Crippen molar-refractivity contribution in [2.45, 2.75) is 12.8 Å². The van der Waals surface area contributed by atoms with Crippen molar-refractivity contribution in [2.75, 3.05) is 6.54 Å². The van der Waals surface area contributed by atoms with Gasteiger partial charge in [0.05, 0.1) is 0 Å². The molecule has 13 heavy (non-hydrogen) atoms. The molecule has 3 heteroatoms. The molecule has 0 spiro atoms. The summed E-state index contributed by atoms with van der Waals surface area (Å²) >= 11 is 4.73. The lowest BCUT2D eigenvalue weighted by Gasteiger charge is -2.12. The smallest absolute Gasteiger partial charge is 0.163 e. The third kappa shape index (κ3) is 3.42. The van der Waals surface area contributed by atoms with Gasteiger partial charge in [0.15, 0.2) is 5.11 Å². The standard InChI is InChI=1S/C10H14N2S/c1-8(7-12-10(11)13)9-5-3-2-4-6-9/h2-6,8H,7H2,1H3,(H3,11,12,13)/t8-/m1/s1. The Bertz CT molecular complexity index is 272. The molecule has 0 fully saturated rings. The second-order valence-corrected chi connectivity index (χ2v) is 3.50. The van der Waals surface area contributed by atoms with Gasteiger partial charge in [-0.1, -0.05) is 37.3 Å². The molecule has 0 aliphatic carbocycles. The summed E-state index contributed by atoms with van der Waals surface area (Å²) in [7, 11) is 0. The summed E-state index contributed by atoms with van der Waals surface area (Å²) in [4.78, 5) is 0. The average Bonchev–Trinajstić information content (AvgIpc) is 2.15. The van der Waals surface area contributed by atoms with E-state index < -0.39 is 0 Å². The fourth-order valence-corrected chi connectivity index (χ4v) is 1.24. The molecule has 0 aliphatic heterocycles. The molecule has 0 saturated carbocycles. The maximum atomic E-state index is 5.34. The predicted molar refractivity (Wildman–Crippen MR) is 59.6 cm³/mol. The molecule has 2 nitrogen and oxygen atoms in total. The molecule has 0 amide bonds. The minimum atomic E-state index is 0.364. The van der Waals surface area contributed by atoms with E-state index in [1.165, 1.54) is 5.56 Å². The number of nitrogens with one attached hydrogen (secondary N) is 1. The molecule has 0 radical (unpaired) electrons. The van der Waals surface area contributed by atoms with Crippen molar-refractivity contribution in [1.29, 1.82) is 0 Å². The van der Waals surface area contributed by atoms with Gasteiger partial charge in [-0.2, -0.15) is 0 Å². The number of hydrogen-bond donors (Lipinski definition) is 2. The van der Waals surface area contributed by atoms with Gasteiger partial charge in [-0.05, 0) is 23.7 Å². The Morgan fingerprint density at radius 2 is 2.08 bits per heavy atom. The molecule has 0 saturated heterocycles. The van der Waals surface area contributed by atoms with E-state index >= 15 is 0 Å². The molecule has 1 aromatic carbocycles. The van der Waals surface area contributed by atoms with Crippen LogP contribution in [0, 0.1) is 0 Å². The largest absolute Gasteiger partial charge is 0.376 e. The Balaban J connectivity index is 2.49. The van der Waals surface area contributed by atoms with Gasteiger partial charge >= 0.3 is 0 Å². The quantitative estimate of drug-likeness (QED) is 0.718. The summed E-state index contributed by atoms with van der Waals surface area (Å²) in [5.74, 6) is 0.433. The van der Waals surface area contributed by atoms with Crippen molar-refractivity contribution in [3.8, 4) is 0 Å². The van der Waals surface area contributed by atoms with Crippen molar-refractivity contribution in [2.24, 2.45) is 5.73 Å². The summed E-state index contributed by atoms with van der Waals surface area (Å²) in [5, 5.41) is 3.32. The zero-order chi connectivity index (χ0) is 9.68. The number of nitrogens with two attached hydrogens (primary N) is 1. The summed E-state index contributed by atoms with van der Waals surface area (Å²) in [6, 6.07) is 10.3. The second kappa shape index (κ2) is 4.82. The van der Waals surface area contributed by atoms with E-state index in [9.17, 15) is 0 Å². The minimum absolute atomic E-state index is 0.364. The summed E-state index contributed by atoms with van der Waals surface area (Å²) in [6.45, 7) is 2.93. The van der Waals surface area contributed by atoms with Crippen molar-refractivity contribution < 1.29 is 0 Å². The zero-order valence-corrected chi connectivity index (χ0v) is 8.47. The number of hydrogen-bond acceptors (Lipinski definition) is 1. The van der Waals surface area contributed by atoms with E-state index in [-0.39, 0.29) is 0 Å². The van der Waals surface area contributed by atoms with Crippen LogP contribution in [0.5, 0.6) is 0 Å². The Morgan fingerprint density at radius 3 is 2.62 bits per heavy atom. The van der Waals surface area contributed by atoms with Crippen LogP contribution in [0.3, 0.4) is 0 Å². The minimum Gasteiger partial charge on any atom is -0.376 e. The SMILES string of the molecule is C[C@H](CNC(N)=S)c1ccccc1. The highest BCUT2D eigenvalue weighted by Crippen LogP contribution is 2.12. The van der Waals surface area contributed by atoms with Crippen molar-refractivity contribution in [1.82, 2.24) is 5.32 Å². The molecule has 0 aromatic heterocycles. The Labute approximate surface area is 84.1 Å². The molecule has 0 bridgehead atoms. The highest BCUT2D eigenvalue weighted by atomic mass is 32.1. The lowest BCUT2D eigenvalue weighted by Crippen LogP contribution is -2.32. The van der Waals surface area contributed by atoms with E-state index in [1.54, 1.807) is 0 Å². The van der Waals surface area contributed by atoms with E-state index in [0.29, 0.717) is 11.0 Å². The van der Waals surface area contributed by atoms with Gasteiger partial charge in [0.25, 0.3) is 0 Å². The Hall–Kier alpha value is -1.09. The first-order valence-electron chi connectivity index (χ1n) is 4.28. The lowest BCUT2D eigenvalue weighted by molar-refractivity contribution is 0.722. The fourth-order valence-electron chi connectivity index (χ4n) is 1.15. The van der Waals surface area contributed by atoms with Gasteiger partial charge in [0, 0.05) is 6.54 Å². The normalized spacial score (nSPS) is 12.1. The summed E-state index contributed by atoms with van der Waals surface area (Å²) < 4.78 is 0. The highest BCUT2D eigenvalue weighted by molar-refractivity contribution is 7.80. The van der Waals surface area contributed by atoms with Crippen molar-refractivity contribution in [3.63, 3.8) is 0 Å². The molecule has 1 atom stereocenters. The monoisotopic (exact) mass is 194 g/mol. The fraction of sp³-hybridized carbons (Fsp3) is 0.300. The van der Waals surface area contributed by atoms with E-state index in [1.807, 2.05) is 18.2 Å². The third-order valence-electron chi connectivity index (χ3n) is 1.95. The van der Waals surface area contributed by atoms with Crippen LogP contribution in [0.25, 0.3) is 0 Å². The highest BCUT2D eigenvalue weighted by Gasteiger charge is 2.03. The van der Waals surface area contributed by atoms with Crippen LogP contribution in [-0.2, 0) is 0 Å². The molecule has 70 valence electrons. The first kappa shape index (κ1) is 9.99. The molecule has 1 aromatic rings. The van der Waals surface area contributed by atoms with Crippen LogP contribution in [0.4, 0.5) is 0 Å². The van der Waals surface area contributed by atoms with Gasteiger partial charge in [-0.15, -0.1) is 0 Å². The Morgan fingerprint density at radius 1 is 1.46 bits per heavy atom. The van der Waals surface area contributed by atoms with Crippen LogP contribution >= 0.6 is 12.2 Å². The average molecular weight is 194 g/mol. The molecular weight excluding hydrogens is 180 g/mol. The zero-order valence-electron chi connectivity index (χ0n) is 7.66. The van der Waals surface area contributed by atoms with Crippen LogP contribution in [0.2, 0.25) is 0 Å². The van der Waals surface area contributed by atoms with Crippen molar-refractivity contribution in [3.05, 3.63) is 35.9 Å². The number of rotatable bonds is 3. The van der Waals surface area contributed by atoms with Gasteiger partial charge in [0.2, 0.25) is 0 Å². The lowest BCUT2D eigenvalue weighted by atomic mass is 10.0. The van der Waals surface area contributed by atoms with Crippen LogP contribution in [0.1, 0.15) is 18.4 Å². The Kier molecular flexibility index (Phi) is 3.71. The predicted octanol–water partition coefficient (Wildman–Crippen LogP) is 1.62. The van der Waals surface area contributed by atoms with Crippen LogP contribution in [0.15, 0.2) is 30.3 Å². The number of thiocarbonyl (C=S) groups is 1. The third-order valence-corrected chi connectivity index (χ3v) is 2.10. The molecule has 0 unspecified atom stereocenters. The van der Waals surface area contributed by atoms with Gasteiger partial charge < -0.3 is 11.1 Å². The molecule has 1 rings (SSSR count). The molecule has 0 aliphatic rings. The second-order valence-electron chi connectivity index (χ2n) is 3.06. The van der Waals surface area contributed by atoms with Gasteiger partial charge in [-0.3, -0.25) is 0 Å². The first-order chi connectivity index (χ1) is 6.20. The van der Waals surface area contributed by atoms with E-state index in [2.05, 4.69) is 24.4 Å². The topological polar surface area (TPSA) is 38.0 Å². The summed E-state index contributed by atoms with van der Waals surface area (Å²) in [6.07, 6.45) is 0. The maximum Gasteiger partial charge on any atom is 0.163 e. The van der Waals surface area contributed by atoms with E-state index in [4.69, 9.17) is 18.0 Å². The first-order valence-corrected chi connectivity index (χ1v) is 4.69. The maximum absolute atomic E-state index is 5.34. The molecular formula is C10H14N2S. The van der Waals surface area contributed by atoms with Crippen LogP contribution < -0.4 is 11.1 Å². The van der Waals surface area contributed by atoms with Gasteiger partial charge in [0.1, 0.15) is 0 Å². The molecule has 0 heterocycles. The summed E-state index contributed by atoms with van der Waals surface area (Å²) in [5.41, 5.74) is 6.64. The molecule has 3 N–H and O–H groups in total.